The number of carbonyl (C=O) groups is 3. The fraction of sp³-hybridized carbons (Fsp3) is 0.533. The minimum absolute atomic E-state index is 0.0141. The first-order chi connectivity index (χ1) is 41.5. The van der Waals surface area contributed by atoms with Crippen LogP contribution < -0.4 is 36.0 Å². The largest absolute Gasteiger partial charge is 0.480 e. The Morgan fingerprint density at radius 3 is 2.40 bits per heavy atom. The molecule has 10 heterocycles. The molecule has 86 heavy (non-hydrogen) atoms. The van der Waals surface area contributed by atoms with Crippen LogP contribution in [-0.2, 0) is 43.1 Å². The van der Waals surface area contributed by atoms with Gasteiger partial charge in [-0.15, -0.1) is 0 Å². The summed E-state index contributed by atoms with van der Waals surface area (Å²) in [6.07, 6.45) is 8.67. The molecule has 4 aromatic heterocycles. The van der Waals surface area contributed by atoms with Gasteiger partial charge in [0.25, 0.3) is 12.0 Å². The number of aryl methyl sites for hydroxylation is 3. The second-order valence-corrected chi connectivity index (χ2v) is 24.4. The van der Waals surface area contributed by atoms with Crippen LogP contribution in [0.15, 0.2) is 53.7 Å². The molecular weight excluding hydrogens is 1140 g/mol. The summed E-state index contributed by atoms with van der Waals surface area (Å²) in [5.74, 6) is -1.97. The molecule has 0 radical (unpaired) electrons. The molecule has 4 amide bonds. The van der Waals surface area contributed by atoms with Crippen LogP contribution in [0.3, 0.4) is 0 Å². The van der Waals surface area contributed by atoms with E-state index in [2.05, 4.69) is 40.5 Å². The van der Waals surface area contributed by atoms with Crippen molar-refractivity contribution in [3.05, 3.63) is 86.7 Å². The zero-order valence-electron chi connectivity index (χ0n) is 48.5. The van der Waals surface area contributed by atoms with E-state index in [1.54, 1.807) is 67.4 Å². The van der Waals surface area contributed by atoms with E-state index in [1.807, 2.05) is 20.8 Å². The molecule has 0 spiro atoms. The second kappa shape index (κ2) is 23.2. The lowest BCUT2D eigenvalue weighted by atomic mass is 9.92. The monoisotopic (exact) mass is 1210 g/mol. The number of hydrogen-bond donors (Lipinski definition) is 3. The summed E-state index contributed by atoms with van der Waals surface area (Å²) < 4.78 is 70.9. The van der Waals surface area contributed by atoms with Gasteiger partial charge in [-0.25, -0.2) is 27.3 Å². The minimum Gasteiger partial charge on any atom is -0.480 e. The molecule has 13 rings (SSSR count). The molecule has 1 saturated carbocycles. The normalized spacial score (nSPS) is 20.3. The predicted molar refractivity (Wildman–Crippen MR) is 317 cm³/mol. The van der Waals surface area contributed by atoms with Gasteiger partial charge in [0.15, 0.2) is 18.2 Å². The molecule has 3 N–H and O–H groups in total. The van der Waals surface area contributed by atoms with Gasteiger partial charge in [-0.2, -0.15) is 15.2 Å². The lowest BCUT2D eigenvalue weighted by molar-refractivity contribution is -0.138. The van der Waals surface area contributed by atoms with E-state index >= 15 is 8.78 Å². The molecule has 21 nitrogen and oxygen atoms in total. The quantitative estimate of drug-likeness (QED) is 0.100. The number of likely N-dealkylation sites (tertiary alicyclic amines) is 1. The number of rotatable bonds is 12. The van der Waals surface area contributed by atoms with Crippen molar-refractivity contribution in [2.75, 3.05) is 106 Å². The minimum atomic E-state index is -3.17. The van der Waals surface area contributed by atoms with E-state index in [0.29, 0.717) is 181 Å². The number of carbonyl (C=O) groups excluding carboxylic acids is 3. The number of fused-ring (bicyclic) bond motifs is 5. The number of piperazine rings is 1. The number of urea groups is 1. The third-order valence-electron chi connectivity index (χ3n) is 18.7. The average Bonchev–Trinajstić information content (AvgIpc) is 2.55. The van der Waals surface area contributed by atoms with Crippen LogP contribution in [0.4, 0.5) is 57.0 Å². The SMILES string of the molecule is CNC(=O)N1CCc2c(c(N3CCCc4cc(-c5cnn(C)c5)c(C(F)F)cc43)nn2C2CCN(C(=O)CCN3CCN(C(=O)C4CCN(c5ncc(Cl)c(Nc6ccc7c(c6)c6c(c(=O)n7C)OCC(F)(F)[C@@H](C7CC7)N6)n5)CC4)CC3)CC2)C1. The number of anilines is 6. The maximum Gasteiger partial charge on any atom is 0.317 e. The molecule has 0 bridgehead atoms. The molecule has 1 aliphatic carbocycles. The Kier molecular flexibility index (Phi) is 15.5. The van der Waals surface area contributed by atoms with Crippen LogP contribution in [0, 0.1) is 11.8 Å². The number of hydrogen-bond acceptors (Lipinski definition) is 14. The Balaban J connectivity index is 0.596. The van der Waals surface area contributed by atoms with Crippen molar-refractivity contribution in [3.63, 3.8) is 0 Å². The lowest BCUT2D eigenvalue weighted by Gasteiger charge is -2.39. The number of nitrogens with one attached hydrogen (secondary N) is 3. The fourth-order valence-electron chi connectivity index (χ4n) is 13.7. The molecule has 456 valence electrons. The van der Waals surface area contributed by atoms with Gasteiger partial charge < -0.3 is 49.8 Å². The molecule has 6 aromatic rings. The molecule has 26 heteroatoms. The molecule has 0 unspecified atom stereocenters. The third kappa shape index (κ3) is 11.0. The molecule has 3 saturated heterocycles. The molecule has 1 atom stereocenters. The van der Waals surface area contributed by atoms with Crippen molar-refractivity contribution in [3.8, 4) is 16.9 Å². The van der Waals surface area contributed by atoms with Crippen LogP contribution >= 0.6 is 11.6 Å². The van der Waals surface area contributed by atoms with Crippen LogP contribution in [0.5, 0.6) is 5.75 Å². The van der Waals surface area contributed by atoms with Crippen molar-refractivity contribution in [1.82, 2.24) is 59.0 Å². The summed E-state index contributed by atoms with van der Waals surface area (Å²) in [4.78, 5) is 75.4. The zero-order valence-corrected chi connectivity index (χ0v) is 49.3. The summed E-state index contributed by atoms with van der Waals surface area (Å²) in [6.45, 7) is 5.93. The summed E-state index contributed by atoms with van der Waals surface area (Å²) in [6, 6.07) is 7.44. The van der Waals surface area contributed by atoms with Crippen molar-refractivity contribution in [1.29, 1.82) is 0 Å². The highest BCUT2D eigenvalue weighted by Crippen LogP contribution is 2.47. The van der Waals surface area contributed by atoms with Gasteiger partial charge in [-0.05, 0) is 98.7 Å². The average molecular weight is 1210 g/mol. The molecule has 6 aliphatic heterocycles. The van der Waals surface area contributed by atoms with Gasteiger partial charge in [-0.3, -0.25) is 28.6 Å². The van der Waals surface area contributed by atoms with E-state index < -0.39 is 30.6 Å². The summed E-state index contributed by atoms with van der Waals surface area (Å²) in [5, 5.41) is 19.4. The first-order valence-electron chi connectivity index (χ1n) is 30.1. The summed E-state index contributed by atoms with van der Waals surface area (Å²) >= 11 is 6.65. The molecule has 7 aliphatic rings. The van der Waals surface area contributed by atoms with Gasteiger partial charge in [-0.1, -0.05) is 11.6 Å². The smallest absolute Gasteiger partial charge is 0.317 e. The highest BCUT2D eigenvalue weighted by atomic mass is 35.5. The van der Waals surface area contributed by atoms with E-state index in [9.17, 15) is 28.0 Å². The zero-order chi connectivity index (χ0) is 59.7. The maximum absolute atomic E-state index is 15.3. The fourth-order valence-corrected chi connectivity index (χ4v) is 13.8. The predicted octanol–water partition coefficient (Wildman–Crippen LogP) is 7.87. The van der Waals surface area contributed by atoms with Crippen LogP contribution in [0.25, 0.3) is 22.0 Å². The first kappa shape index (κ1) is 57.4. The van der Waals surface area contributed by atoms with E-state index in [0.717, 1.165) is 29.7 Å². The molecule has 2 aromatic carbocycles. The lowest BCUT2D eigenvalue weighted by Crippen LogP contribution is -2.52. The Labute approximate surface area is 499 Å². The van der Waals surface area contributed by atoms with Crippen molar-refractivity contribution >= 4 is 75.0 Å². The number of pyridine rings is 1. The number of piperidine rings is 2. The Hall–Kier alpha value is -7.67. The van der Waals surface area contributed by atoms with Crippen LogP contribution in [0.2, 0.25) is 5.02 Å². The van der Waals surface area contributed by atoms with Gasteiger partial charge in [0.1, 0.15) is 5.02 Å². The number of aromatic nitrogens is 7. The molecular formula is C60H71ClF4N16O5. The Morgan fingerprint density at radius 2 is 1.67 bits per heavy atom. The summed E-state index contributed by atoms with van der Waals surface area (Å²) in [5.41, 5.74) is 5.52. The van der Waals surface area contributed by atoms with Crippen LogP contribution in [-0.4, -0.2) is 169 Å². The van der Waals surface area contributed by atoms with Crippen molar-refractivity contribution < 1.29 is 36.7 Å². The first-order valence-corrected chi connectivity index (χ1v) is 30.4. The highest BCUT2D eigenvalue weighted by Gasteiger charge is 2.51. The van der Waals surface area contributed by atoms with Crippen molar-refractivity contribution in [2.24, 2.45) is 25.9 Å². The number of alkyl halides is 4. The van der Waals surface area contributed by atoms with Crippen molar-refractivity contribution in [2.45, 2.75) is 95.2 Å². The van der Waals surface area contributed by atoms with Gasteiger partial charge in [0.05, 0.1) is 42.2 Å². The van der Waals surface area contributed by atoms with E-state index in [1.165, 1.54) is 10.8 Å². The number of ether oxygens (including phenoxy) is 1. The standard InChI is InChI=1S/C60H71ClF4N16O5/c1-66-59(85)79-22-14-47-44(33-79)55(80-16-4-5-37-27-41(38-30-68-73(2)32-38)42(53(62)63)29-48(37)80)72-81(47)40-12-20-76(21-13-40)49(82)15-17-75-23-25-77(26-24-75)56(83)36-10-18-78(19-11-36)58-67-31-45(61)54(71-58)69-39-8-9-46-43(28-39)50-51(57(84)74(46)3)86-34-60(64,65)52(70-50)35-6-7-35/h8-9,27-32,35-36,40,52-53,70H,4-7,10-26,33-34H2,1-3H3,(H,66,85)(H,67,69,71)/t52-/m1/s1. The second-order valence-electron chi connectivity index (χ2n) is 24.0. The van der Waals surface area contributed by atoms with E-state index in [4.69, 9.17) is 26.4 Å². The van der Waals surface area contributed by atoms with Crippen LogP contribution in [0.1, 0.15) is 86.2 Å². The van der Waals surface area contributed by atoms with Gasteiger partial charge in [0, 0.05) is 157 Å². The molecule has 4 fully saturated rings. The number of amides is 4. The topological polar surface area (TPSA) is 199 Å². The maximum atomic E-state index is 15.3. The Morgan fingerprint density at radius 1 is 0.895 bits per heavy atom. The highest BCUT2D eigenvalue weighted by molar-refractivity contribution is 6.33. The number of halogens is 5. The Bertz CT molecular complexity index is 3660. The van der Waals surface area contributed by atoms with E-state index in [-0.39, 0.29) is 57.7 Å². The van der Waals surface area contributed by atoms with Gasteiger partial charge in [0.2, 0.25) is 23.5 Å². The number of nitrogens with zero attached hydrogens (tertiary/aromatic N) is 13. The third-order valence-corrected chi connectivity index (χ3v) is 18.9. The van der Waals surface area contributed by atoms with Gasteiger partial charge >= 0.3 is 12.0 Å². The summed E-state index contributed by atoms with van der Waals surface area (Å²) in [7, 11) is 4.96. The number of benzene rings is 2.